The molecule has 1 aliphatic rings. The van der Waals surface area contributed by atoms with Crippen molar-refractivity contribution in [3.8, 4) is 17.2 Å². The van der Waals surface area contributed by atoms with E-state index in [0.717, 1.165) is 32.1 Å². The van der Waals surface area contributed by atoms with Crippen molar-refractivity contribution in [2.75, 3.05) is 46.2 Å². The standard InChI is InChI=1S/C24H32F2N6O3/c1-32-8-5-16(6-9-32)4-7-28-12-17(11-27)31-24-29-13-18(14-30-24)35-15-19-22(25)20(33-2)10-21(34-3)23(19)26/h10-14,16H,4-9,15,27H2,1-3H3,(H,29,30,31)/b17-11+,28-12?. The Kier molecular flexibility index (Phi) is 9.59. The number of piperidine rings is 1. The molecule has 0 atom stereocenters. The van der Waals surface area contributed by atoms with Crippen LogP contribution in [0.1, 0.15) is 24.8 Å². The third-order valence-electron chi connectivity index (χ3n) is 5.85. The molecule has 1 aliphatic heterocycles. The Hall–Kier alpha value is -3.47. The summed E-state index contributed by atoms with van der Waals surface area (Å²) in [6.07, 6.45) is 9.26. The number of rotatable bonds is 11. The maximum Gasteiger partial charge on any atom is 0.227 e. The van der Waals surface area contributed by atoms with Gasteiger partial charge in [-0.1, -0.05) is 0 Å². The van der Waals surface area contributed by atoms with Gasteiger partial charge in [0.15, 0.2) is 28.9 Å². The van der Waals surface area contributed by atoms with Crippen molar-refractivity contribution in [2.45, 2.75) is 25.9 Å². The number of nitrogens with two attached hydrogens (primary N) is 1. The predicted octanol–water partition coefficient (Wildman–Crippen LogP) is 3.37. The average Bonchev–Trinajstić information content (AvgIpc) is 2.88. The molecule has 1 fully saturated rings. The zero-order chi connectivity index (χ0) is 25.2. The Labute approximate surface area is 204 Å². The van der Waals surface area contributed by atoms with E-state index in [2.05, 4.69) is 32.2 Å². The van der Waals surface area contributed by atoms with Gasteiger partial charge in [0.25, 0.3) is 0 Å². The molecule has 1 aromatic carbocycles. The van der Waals surface area contributed by atoms with Gasteiger partial charge in [0.1, 0.15) is 6.61 Å². The van der Waals surface area contributed by atoms with Crippen LogP contribution < -0.4 is 25.3 Å². The monoisotopic (exact) mass is 490 g/mol. The Bertz CT molecular complexity index is 997. The zero-order valence-electron chi connectivity index (χ0n) is 20.3. The first-order chi connectivity index (χ1) is 16.9. The molecule has 11 heteroatoms. The third kappa shape index (κ3) is 7.25. The van der Waals surface area contributed by atoms with Crippen molar-refractivity contribution in [3.05, 3.63) is 47.6 Å². The highest BCUT2D eigenvalue weighted by atomic mass is 19.1. The van der Waals surface area contributed by atoms with Crippen molar-refractivity contribution >= 4 is 12.2 Å². The van der Waals surface area contributed by atoms with Crippen LogP contribution in [0.5, 0.6) is 17.2 Å². The van der Waals surface area contributed by atoms with Gasteiger partial charge in [-0.2, -0.15) is 0 Å². The minimum Gasteiger partial charge on any atom is -0.494 e. The summed E-state index contributed by atoms with van der Waals surface area (Å²) in [6, 6.07) is 1.14. The molecule has 3 N–H and O–H groups in total. The smallest absolute Gasteiger partial charge is 0.227 e. The summed E-state index contributed by atoms with van der Waals surface area (Å²) in [7, 11) is 4.71. The summed E-state index contributed by atoms with van der Waals surface area (Å²) in [4.78, 5) is 15.1. The highest BCUT2D eigenvalue weighted by Crippen LogP contribution is 2.32. The summed E-state index contributed by atoms with van der Waals surface area (Å²) in [5.74, 6) is -0.816. The molecule has 2 heterocycles. The number of anilines is 1. The fourth-order valence-corrected chi connectivity index (χ4v) is 3.69. The molecule has 0 saturated carbocycles. The lowest BCUT2D eigenvalue weighted by molar-refractivity contribution is 0.214. The maximum atomic E-state index is 14.5. The number of aliphatic imine (C=N–C) groups is 1. The van der Waals surface area contributed by atoms with Crippen LogP contribution in [0.4, 0.5) is 14.7 Å². The first kappa shape index (κ1) is 26.1. The van der Waals surface area contributed by atoms with E-state index in [9.17, 15) is 8.78 Å². The number of hydrogen-bond acceptors (Lipinski definition) is 9. The van der Waals surface area contributed by atoms with Crippen LogP contribution in [0.25, 0.3) is 0 Å². The molecule has 0 unspecified atom stereocenters. The van der Waals surface area contributed by atoms with E-state index in [1.165, 1.54) is 45.7 Å². The van der Waals surface area contributed by atoms with Gasteiger partial charge in [-0.05, 0) is 45.3 Å². The molecule has 0 amide bonds. The SMILES string of the molecule is COc1cc(OC)c(F)c(COc2cnc(N/C(C=NCCC3CCN(C)CC3)=C/N)nc2)c1F. The Balaban J connectivity index is 1.52. The number of allylic oxidation sites excluding steroid dienone is 1. The van der Waals surface area contributed by atoms with Crippen LogP contribution in [-0.2, 0) is 6.61 Å². The van der Waals surface area contributed by atoms with Gasteiger partial charge < -0.3 is 30.2 Å². The van der Waals surface area contributed by atoms with E-state index in [0.29, 0.717) is 11.6 Å². The first-order valence-corrected chi connectivity index (χ1v) is 11.4. The van der Waals surface area contributed by atoms with E-state index < -0.39 is 18.2 Å². The summed E-state index contributed by atoms with van der Waals surface area (Å²) in [5.41, 5.74) is 5.91. The lowest BCUT2D eigenvalue weighted by Crippen LogP contribution is -2.30. The van der Waals surface area contributed by atoms with Gasteiger partial charge >= 0.3 is 0 Å². The number of methoxy groups -OCH3 is 2. The van der Waals surface area contributed by atoms with Crippen molar-refractivity contribution < 1.29 is 23.0 Å². The van der Waals surface area contributed by atoms with Gasteiger partial charge in [0, 0.05) is 25.0 Å². The summed E-state index contributed by atoms with van der Waals surface area (Å²) < 4.78 is 44.3. The second-order valence-corrected chi connectivity index (χ2v) is 8.24. The topological polar surface area (TPSA) is 107 Å². The fourth-order valence-electron chi connectivity index (χ4n) is 3.69. The van der Waals surface area contributed by atoms with E-state index >= 15 is 0 Å². The average molecular weight is 491 g/mol. The fraction of sp³-hybridized carbons (Fsp3) is 0.458. The summed E-state index contributed by atoms with van der Waals surface area (Å²) >= 11 is 0. The van der Waals surface area contributed by atoms with Gasteiger partial charge in [-0.15, -0.1) is 0 Å². The highest BCUT2D eigenvalue weighted by molar-refractivity contribution is 5.81. The quantitative estimate of drug-likeness (QED) is 0.462. The number of ether oxygens (including phenoxy) is 3. The molecule has 1 aromatic heterocycles. The molecule has 0 bridgehead atoms. The number of benzene rings is 1. The molecule has 3 rings (SSSR count). The molecule has 190 valence electrons. The lowest BCUT2D eigenvalue weighted by atomic mass is 9.94. The van der Waals surface area contributed by atoms with E-state index in [4.69, 9.17) is 19.9 Å². The molecule has 2 aromatic rings. The highest BCUT2D eigenvalue weighted by Gasteiger charge is 2.20. The molecule has 0 radical (unpaired) electrons. The number of halogens is 2. The number of aromatic nitrogens is 2. The molecular weight excluding hydrogens is 458 g/mol. The van der Waals surface area contributed by atoms with Crippen molar-refractivity contribution in [3.63, 3.8) is 0 Å². The van der Waals surface area contributed by atoms with E-state index in [1.54, 1.807) is 6.21 Å². The number of nitrogens with one attached hydrogen (secondary N) is 1. The van der Waals surface area contributed by atoms with Crippen LogP contribution in [0.3, 0.4) is 0 Å². The largest absolute Gasteiger partial charge is 0.494 e. The first-order valence-electron chi connectivity index (χ1n) is 11.4. The molecule has 0 spiro atoms. The van der Waals surface area contributed by atoms with Crippen molar-refractivity contribution in [1.82, 2.24) is 14.9 Å². The summed E-state index contributed by atoms with van der Waals surface area (Å²) in [5, 5.41) is 2.97. The normalized spacial score (nSPS) is 15.4. The Morgan fingerprint density at radius 3 is 2.37 bits per heavy atom. The Morgan fingerprint density at radius 2 is 1.80 bits per heavy atom. The molecule has 9 nitrogen and oxygen atoms in total. The van der Waals surface area contributed by atoms with E-state index in [-0.39, 0.29) is 28.8 Å². The van der Waals surface area contributed by atoms with Crippen LogP contribution in [0.2, 0.25) is 0 Å². The molecule has 35 heavy (non-hydrogen) atoms. The zero-order valence-corrected chi connectivity index (χ0v) is 20.3. The lowest BCUT2D eigenvalue weighted by Gasteiger charge is -2.28. The molecule has 0 aliphatic carbocycles. The second-order valence-electron chi connectivity index (χ2n) is 8.24. The van der Waals surface area contributed by atoms with Crippen LogP contribution in [-0.4, -0.2) is 62.0 Å². The number of nitrogens with zero attached hydrogens (tertiary/aromatic N) is 4. The number of hydrogen-bond donors (Lipinski definition) is 2. The van der Waals surface area contributed by atoms with Crippen LogP contribution in [0, 0.1) is 17.6 Å². The van der Waals surface area contributed by atoms with Crippen molar-refractivity contribution in [2.24, 2.45) is 16.6 Å². The minimum atomic E-state index is -0.863. The van der Waals surface area contributed by atoms with E-state index in [1.807, 2.05) is 0 Å². The van der Waals surface area contributed by atoms with Crippen LogP contribution >= 0.6 is 0 Å². The van der Waals surface area contributed by atoms with Gasteiger partial charge in [-0.3, -0.25) is 4.99 Å². The van der Waals surface area contributed by atoms with Crippen LogP contribution in [0.15, 0.2) is 35.3 Å². The maximum absolute atomic E-state index is 14.5. The summed E-state index contributed by atoms with van der Waals surface area (Å²) in [6.45, 7) is 2.60. The predicted molar refractivity (Wildman–Crippen MR) is 130 cm³/mol. The Morgan fingerprint density at radius 1 is 1.17 bits per heavy atom. The molecule has 1 saturated heterocycles. The van der Waals surface area contributed by atoms with Gasteiger partial charge in [0.2, 0.25) is 5.95 Å². The van der Waals surface area contributed by atoms with Gasteiger partial charge in [-0.25, -0.2) is 18.7 Å². The third-order valence-corrected chi connectivity index (χ3v) is 5.85. The number of likely N-dealkylation sites (tertiary alicyclic amines) is 1. The second kappa shape index (κ2) is 12.8. The van der Waals surface area contributed by atoms with Gasteiger partial charge in [0.05, 0.1) is 37.9 Å². The molecular formula is C24H32F2N6O3. The van der Waals surface area contributed by atoms with Crippen molar-refractivity contribution in [1.29, 1.82) is 0 Å². The minimum absolute atomic E-state index is 0.147.